The zero-order valence-corrected chi connectivity index (χ0v) is 28.8. The van der Waals surface area contributed by atoms with E-state index in [1.165, 1.54) is 0 Å². The molecule has 208 valence electrons. The monoisotopic (exact) mass is 622 g/mol. The fourth-order valence-corrected chi connectivity index (χ4v) is 31.4. The molecule has 0 bridgehead atoms. The summed E-state index contributed by atoms with van der Waals surface area (Å²) in [6, 6.07) is 27.0. The third-order valence-electron chi connectivity index (χ3n) is 6.89. The number of rotatable bonds is 20. The van der Waals surface area contributed by atoms with Gasteiger partial charge in [0.15, 0.2) is 0 Å². The van der Waals surface area contributed by atoms with Crippen molar-refractivity contribution >= 4 is 16.6 Å². The van der Waals surface area contributed by atoms with Gasteiger partial charge in [0.05, 0.1) is 0 Å². The van der Waals surface area contributed by atoms with Gasteiger partial charge < -0.3 is 0 Å². The van der Waals surface area contributed by atoms with Crippen LogP contribution >= 0.6 is 0 Å². The summed E-state index contributed by atoms with van der Waals surface area (Å²) in [5.74, 6) is 1.60. The van der Waals surface area contributed by atoms with Crippen LogP contribution in [0.25, 0.3) is 0 Å². The minimum absolute atomic E-state index is 0.800. The van der Waals surface area contributed by atoms with Crippen molar-refractivity contribution in [3.63, 3.8) is 0 Å². The molecule has 2 aromatic carbocycles. The van der Waals surface area contributed by atoms with Gasteiger partial charge in [-0.25, -0.2) is 0 Å². The zero-order valence-electron chi connectivity index (χ0n) is 24.4. The van der Waals surface area contributed by atoms with Crippen LogP contribution < -0.4 is 5.63 Å². The molecule has 0 radical (unpaired) electrons. The molecule has 0 aliphatic heterocycles. The van der Waals surface area contributed by atoms with Gasteiger partial charge in [-0.05, 0) is 0 Å². The summed E-state index contributed by atoms with van der Waals surface area (Å²) in [6.07, 6.45) is 6.70. The first-order valence-electron chi connectivity index (χ1n) is 14.8. The normalized spacial score (nSPS) is 12.5. The second-order valence-electron chi connectivity index (χ2n) is 10.4. The standard InChI is InChI=1S/2C9H21OSi.2C6H6O.Zr/c2*1-4-7-11(10,8-5-2)9-6-3;2*7-6-4-2-1-3-5-6;/h2*4-9H2,1-3H3;2*1-5,7H;/q2*-1;;;+4/p-2. The molecule has 7 heteroatoms. The summed E-state index contributed by atoms with van der Waals surface area (Å²) in [6.45, 7) is 13.7. The van der Waals surface area contributed by atoms with Crippen LogP contribution in [0, 0.1) is 0 Å². The van der Waals surface area contributed by atoms with E-state index in [0.717, 1.165) is 86.3 Å². The van der Waals surface area contributed by atoms with E-state index in [1.807, 2.05) is 60.7 Å². The summed E-state index contributed by atoms with van der Waals surface area (Å²) in [5, 5.41) is 0. The van der Waals surface area contributed by atoms with E-state index in [2.05, 4.69) is 41.5 Å². The number of benzene rings is 2. The van der Waals surface area contributed by atoms with Crippen molar-refractivity contribution in [1.29, 1.82) is 0 Å². The summed E-state index contributed by atoms with van der Waals surface area (Å²) in [7, 11) is -4.33. The van der Waals surface area contributed by atoms with Crippen molar-refractivity contribution in [2.75, 3.05) is 0 Å². The molecule has 0 heterocycles. The molecule has 2 aromatic rings. The van der Waals surface area contributed by atoms with Crippen molar-refractivity contribution in [2.24, 2.45) is 0 Å². The first-order valence-corrected chi connectivity index (χ1v) is 23.9. The van der Waals surface area contributed by atoms with Gasteiger partial charge in [0.2, 0.25) is 0 Å². The Bertz CT molecular complexity index is 748. The average Bonchev–Trinajstić information content (AvgIpc) is 2.86. The van der Waals surface area contributed by atoms with E-state index in [9.17, 15) is 0 Å². The summed E-state index contributed by atoms with van der Waals surface area (Å²) < 4.78 is 29.1. The van der Waals surface area contributed by atoms with E-state index in [0.29, 0.717) is 0 Å². The van der Waals surface area contributed by atoms with Crippen LogP contribution in [0.2, 0.25) is 36.3 Å². The van der Waals surface area contributed by atoms with Gasteiger partial charge >= 0.3 is 238 Å². The van der Waals surface area contributed by atoms with Gasteiger partial charge in [-0.2, -0.15) is 0 Å². The summed E-state index contributed by atoms with van der Waals surface area (Å²) in [5.41, 5.74) is 0. The van der Waals surface area contributed by atoms with Crippen LogP contribution in [0.4, 0.5) is 0 Å². The van der Waals surface area contributed by atoms with E-state index in [-0.39, 0.29) is 0 Å². The molecule has 0 N–H and O–H groups in total. The Morgan fingerprint density at radius 3 is 0.973 bits per heavy atom. The fraction of sp³-hybridized carbons (Fsp3) is 0.600. The van der Waals surface area contributed by atoms with E-state index < -0.39 is 38.7 Å². The molecular weight excluding hydrogens is 572 g/mol. The Labute approximate surface area is 236 Å². The molecule has 0 aromatic heterocycles. The van der Waals surface area contributed by atoms with Crippen molar-refractivity contribution in [1.82, 2.24) is 0 Å². The van der Waals surface area contributed by atoms with Gasteiger partial charge in [0.1, 0.15) is 0 Å². The quantitative estimate of drug-likeness (QED) is 0.138. The fourth-order valence-electron chi connectivity index (χ4n) is 5.71. The van der Waals surface area contributed by atoms with Crippen LogP contribution in [0.3, 0.4) is 0 Å². The molecule has 0 amide bonds. The number of para-hydroxylation sites is 2. The summed E-state index contributed by atoms with van der Waals surface area (Å²) in [4.78, 5) is 0. The minimum atomic E-state index is -4.70. The average molecular weight is 624 g/mol. The SMILES string of the molecule is CCC[Si](CCC)(CCC)[O][Zr]([O]c1ccccc1)([O]c1ccccc1)[O][Si](CCC)(CCC)CCC. The van der Waals surface area contributed by atoms with Crippen molar-refractivity contribution < 1.29 is 32.7 Å². The van der Waals surface area contributed by atoms with Crippen LogP contribution in [-0.2, 0) is 27.0 Å². The molecule has 0 saturated heterocycles. The Hall–Kier alpha value is -0.723. The third kappa shape index (κ3) is 10.4. The van der Waals surface area contributed by atoms with Gasteiger partial charge in [0.25, 0.3) is 0 Å². The molecule has 0 fully saturated rings. The molecule has 0 spiro atoms. The van der Waals surface area contributed by atoms with Crippen LogP contribution in [-0.4, -0.2) is 16.6 Å². The topological polar surface area (TPSA) is 36.9 Å². The zero-order chi connectivity index (χ0) is 27.0. The molecule has 37 heavy (non-hydrogen) atoms. The molecule has 0 aliphatic rings. The van der Waals surface area contributed by atoms with Gasteiger partial charge in [-0.15, -0.1) is 0 Å². The van der Waals surface area contributed by atoms with Gasteiger partial charge in [-0.3, -0.25) is 0 Å². The molecule has 2 rings (SSSR count). The van der Waals surface area contributed by atoms with E-state index >= 15 is 0 Å². The second-order valence-corrected chi connectivity index (χ2v) is 25.0. The van der Waals surface area contributed by atoms with Crippen molar-refractivity contribution in [3.8, 4) is 11.5 Å². The summed E-state index contributed by atoms with van der Waals surface area (Å²) >= 11 is -4.70. The van der Waals surface area contributed by atoms with Crippen molar-refractivity contribution in [3.05, 3.63) is 60.7 Å². The molecule has 0 atom stereocenters. The first kappa shape index (κ1) is 32.5. The predicted molar refractivity (Wildman–Crippen MR) is 158 cm³/mol. The van der Waals surface area contributed by atoms with E-state index in [1.54, 1.807) is 0 Å². The van der Waals surface area contributed by atoms with Crippen LogP contribution in [0.5, 0.6) is 11.5 Å². The van der Waals surface area contributed by atoms with Gasteiger partial charge in [0, 0.05) is 0 Å². The van der Waals surface area contributed by atoms with Crippen LogP contribution in [0.15, 0.2) is 60.7 Å². The van der Waals surface area contributed by atoms with Gasteiger partial charge in [-0.1, -0.05) is 0 Å². The van der Waals surface area contributed by atoms with Crippen molar-refractivity contribution in [2.45, 2.75) is 116 Å². The number of hydrogen-bond donors (Lipinski definition) is 0. The molecule has 0 unspecified atom stereocenters. The molecule has 0 aliphatic carbocycles. The molecular formula is C30H52O4Si2Zr. The van der Waals surface area contributed by atoms with E-state index in [4.69, 9.17) is 10.6 Å². The Morgan fingerprint density at radius 1 is 0.459 bits per heavy atom. The second kappa shape index (κ2) is 17.1. The molecule has 0 saturated carbocycles. The predicted octanol–water partition coefficient (Wildman–Crippen LogP) is 10.3. The number of hydrogen-bond acceptors (Lipinski definition) is 4. The maximum atomic E-state index is 7.57. The Balaban J connectivity index is 2.73. The first-order chi connectivity index (χ1) is 17.9. The van der Waals surface area contributed by atoms with Crippen LogP contribution in [0.1, 0.15) is 80.1 Å². The molecule has 4 nitrogen and oxygen atoms in total. The maximum absolute atomic E-state index is 7.57. The third-order valence-corrected chi connectivity index (χ3v) is 29.2. The Morgan fingerprint density at radius 2 is 0.730 bits per heavy atom. The Kier molecular flexibility index (Phi) is 15.0.